The maximum absolute atomic E-state index is 11.7. The van der Waals surface area contributed by atoms with Crippen LogP contribution in [0.1, 0.15) is 59.3 Å². The number of hydrogen-bond acceptors (Lipinski definition) is 4. The first-order chi connectivity index (χ1) is 11.9. The summed E-state index contributed by atoms with van der Waals surface area (Å²) in [6.45, 7) is 6.46. The molecule has 0 amide bonds. The molecule has 0 aromatic heterocycles. The van der Waals surface area contributed by atoms with Gasteiger partial charge in [0.15, 0.2) is 0 Å². The van der Waals surface area contributed by atoms with E-state index < -0.39 is 28.2 Å². The molecule has 1 aromatic rings. The summed E-state index contributed by atoms with van der Waals surface area (Å²) in [6.07, 6.45) is 6.53. The second-order valence-electron chi connectivity index (χ2n) is 6.81. The van der Waals surface area contributed by atoms with Crippen molar-refractivity contribution >= 4 is 33.3 Å². The van der Waals surface area contributed by atoms with Crippen LogP contribution in [0.5, 0.6) is 0 Å². The van der Waals surface area contributed by atoms with Gasteiger partial charge in [0.2, 0.25) is 0 Å². The van der Waals surface area contributed by atoms with E-state index in [1.165, 1.54) is 12.1 Å². The Morgan fingerprint density at radius 2 is 1.32 bits per heavy atom. The number of benzene rings is 1. The number of nitro benzene ring substituents is 2. The number of nitro groups is 2. The van der Waals surface area contributed by atoms with E-state index in [1.54, 1.807) is 6.07 Å². The zero-order chi connectivity index (χ0) is 18.9. The van der Waals surface area contributed by atoms with Crippen LogP contribution in [0.2, 0.25) is 13.3 Å². The van der Waals surface area contributed by atoms with Crippen LogP contribution in [0.25, 0.3) is 0 Å². The third kappa shape index (κ3) is 5.94. The summed E-state index contributed by atoms with van der Waals surface area (Å²) in [5.74, 6) is 0. The van der Waals surface area contributed by atoms with Gasteiger partial charge in [-0.15, -0.1) is 0 Å². The predicted octanol–water partition coefficient (Wildman–Crippen LogP) is 5.56. The molecule has 0 radical (unpaired) electrons. The van der Waals surface area contributed by atoms with E-state index in [0.717, 1.165) is 55.4 Å². The van der Waals surface area contributed by atoms with Crippen LogP contribution < -0.4 is 3.58 Å². The summed E-state index contributed by atoms with van der Waals surface area (Å²) in [4.78, 5) is 21.8. The Morgan fingerprint density at radius 3 is 1.68 bits per heavy atom. The summed E-state index contributed by atoms with van der Waals surface area (Å²) in [7, 11) is 0. The van der Waals surface area contributed by atoms with Gasteiger partial charge in [0.05, 0.1) is 0 Å². The van der Waals surface area contributed by atoms with Crippen LogP contribution in [-0.4, -0.2) is 28.2 Å². The Kier molecular flexibility index (Phi) is 9.38. The van der Waals surface area contributed by atoms with Crippen LogP contribution in [0.4, 0.5) is 11.4 Å². The fraction of sp³-hybridized carbons (Fsp3) is 0.667. The Bertz CT molecular complexity index is 571. The van der Waals surface area contributed by atoms with Crippen molar-refractivity contribution in [1.29, 1.82) is 0 Å². The quantitative estimate of drug-likeness (QED) is 0.234. The molecule has 0 N–H and O–H groups in total. The molecule has 1 aromatic carbocycles. The second kappa shape index (κ2) is 10.7. The van der Waals surface area contributed by atoms with Gasteiger partial charge in [-0.2, -0.15) is 0 Å². The Hall–Kier alpha value is -1.18. The number of nitrogens with zero attached hydrogens (tertiary/aromatic N) is 2. The molecule has 0 heterocycles. The predicted molar refractivity (Wildman–Crippen MR) is 104 cm³/mol. The molecule has 0 aliphatic carbocycles. The molecule has 25 heavy (non-hydrogen) atoms. The molecule has 6 nitrogen and oxygen atoms in total. The minimum absolute atomic E-state index is 0.00620. The van der Waals surface area contributed by atoms with E-state index in [0.29, 0.717) is 0 Å². The van der Waals surface area contributed by atoms with Gasteiger partial charge in [0.1, 0.15) is 0 Å². The molecule has 0 aliphatic heterocycles. The zero-order valence-corrected chi connectivity index (χ0v) is 18.5. The molecule has 1 rings (SSSR count). The third-order valence-electron chi connectivity index (χ3n) is 4.99. The first-order valence-electron chi connectivity index (χ1n) is 9.35. The Morgan fingerprint density at radius 1 is 0.840 bits per heavy atom. The topological polar surface area (TPSA) is 86.3 Å². The minimum atomic E-state index is -2.99. The number of non-ortho nitro benzene ring substituents is 1. The van der Waals surface area contributed by atoms with Crippen LogP contribution in [-0.2, 0) is 0 Å². The summed E-state index contributed by atoms with van der Waals surface area (Å²) >= 11 is -2.99. The molecule has 0 atom stereocenters. The van der Waals surface area contributed by atoms with Gasteiger partial charge in [0.25, 0.3) is 0 Å². The van der Waals surface area contributed by atoms with Crippen molar-refractivity contribution in [2.45, 2.75) is 72.6 Å². The maximum atomic E-state index is 11.7. The number of rotatable bonds is 12. The molecule has 140 valence electrons. The van der Waals surface area contributed by atoms with Gasteiger partial charge in [-0.25, -0.2) is 0 Å². The van der Waals surface area contributed by atoms with E-state index in [1.807, 2.05) is 0 Å². The summed E-state index contributed by atoms with van der Waals surface area (Å²) in [5.41, 5.74) is -0.189. The molecule has 0 bridgehead atoms. The van der Waals surface area contributed by atoms with Crippen molar-refractivity contribution in [2.24, 2.45) is 0 Å². The van der Waals surface area contributed by atoms with E-state index in [-0.39, 0.29) is 11.4 Å². The molecule has 0 spiro atoms. The van der Waals surface area contributed by atoms with E-state index in [2.05, 4.69) is 20.8 Å². The standard InChI is InChI=1S/C6H3N2O4.3C4H9.Sn/c9-7(10)5-2-1-3-6(4-5)8(11)12;3*1-3-4-2;/h1-2,4H;3*1,3-4H2,2H3;. The third-order valence-corrected chi connectivity index (χ3v) is 20.7. The van der Waals surface area contributed by atoms with Gasteiger partial charge < -0.3 is 0 Å². The van der Waals surface area contributed by atoms with Gasteiger partial charge in [-0.1, -0.05) is 0 Å². The molecule has 7 heteroatoms. The van der Waals surface area contributed by atoms with Crippen molar-refractivity contribution in [2.75, 3.05) is 0 Å². The molecular formula is C18H30N2O4Sn. The molecule has 0 aliphatic rings. The monoisotopic (exact) mass is 458 g/mol. The molecular weight excluding hydrogens is 427 g/mol. The van der Waals surface area contributed by atoms with Gasteiger partial charge in [-0.05, 0) is 0 Å². The average molecular weight is 457 g/mol. The van der Waals surface area contributed by atoms with Crippen molar-refractivity contribution in [3.05, 3.63) is 38.4 Å². The van der Waals surface area contributed by atoms with Crippen molar-refractivity contribution < 1.29 is 9.85 Å². The summed E-state index contributed by atoms with van der Waals surface area (Å²) in [6, 6.07) is 4.38. The molecule has 0 fully saturated rings. The summed E-state index contributed by atoms with van der Waals surface area (Å²) in [5, 5.41) is 22.7. The first-order valence-corrected chi connectivity index (χ1v) is 16.8. The van der Waals surface area contributed by atoms with Crippen LogP contribution >= 0.6 is 0 Å². The average Bonchev–Trinajstić information content (AvgIpc) is 2.61. The normalized spacial score (nSPS) is 11.5. The van der Waals surface area contributed by atoms with Crippen LogP contribution in [0.3, 0.4) is 0 Å². The number of hydrogen-bond donors (Lipinski definition) is 0. The first kappa shape index (κ1) is 21.9. The van der Waals surface area contributed by atoms with E-state index in [9.17, 15) is 20.2 Å². The number of unbranched alkanes of at least 4 members (excludes halogenated alkanes) is 3. The molecule has 0 unspecified atom stereocenters. The SMILES string of the molecule is CCC[CH2][Sn]([CH2]CCC)([CH2]CCC)[c]1ccc([N+](=O)[O-])cc1[N+](=O)[O-]. The Labute approximate surface area is 154 Å². The van der Waals surface area contributed by atoms with Crippen LogP contribution in [0, 0.1) is 20.2 Å². The van der Waals surface area contributed by atoms with Crippen LogP contribution in [0.15, 0.2) is 18.2 Å². The summed E-state index contributed by atoms with van der Waals surface area (Å²) < 4.78 is 4.19. The fourth-order valence-electron chi connectivity index (χ4n) is 3.56. The van der Waals surface area contributed by atoms with Crippen molar-refractivity contribution in [1.82, 2.24) is 0 Å². The second-order valence-corrected chi connectivity index (χ2v) is 19.9. The van der Waals surface area contributed by atoms with Crippen molar-refractivity contribution in [3.63, 3.8) is 0 Å². The van der Waals surface area contributed by atoms with E-state index in [4.69, 9.17) is 0 Å². The van der Waals surface area contributed by atoms with Crippen molar-refractivity contribution in [3.8, 4) is 0 Å². The Balaban J connectivity index is 3.48. The zero-order valence-electron chi connectivity index (χ0n) is 15.6. The van der Waals surface area contributed by atoms with Gasteiger partial charge in [0, 0.05) is 0 Å². The van der Waals surface area contributed by atoms with Gasteiger partial charge >= 0.3 is 154 Å². The fourth-order valence-corrected chi connectivity index (χ4v) is 20.1. The van der Waals surface area contributed by atoms with E-state index >= 15 is 0 Å². The molecule has 0 saturated heterocycles. The van der Waals surface area contributed by atoms with Gasteiger partial charge in [-0.3, -0.25) is 0 Å². The molecule has 0 saturated carbocycles.